The lowest BCUT2D eigenvalue weighted by molar-refractivity contribution is 0.248. The van der Waals surface area contributed by atoms with E-state index in [1.165, 1.54) is 219 Å². The monoisotopic (exact) mass is 565 g/mol. The first-order chi connectivity index (χ1) is 19.8. The van der Waals surface area contributed by atoms with Crippen LogP contribution in [0.1, 0.15) is 219 Å². The van der Waals surface area contributed by atoms with Crippen molar-refractivity contribution >= 4 is 0 Å². The Morgan fingerprint density at radius 3 is 0.700 bits per heavy atom. The van der Waals surface area contributed by atoms with Crippen LogP contribution in [0.15, 0.2) is 0 Å². The van der Waals surface area contributed by atoms with Crippen LogP contribution in [0.5, 0.6) is 0 Å². The van der Waals surface area contributed by atoms with Crippen LogP contribution in [0.3, 0.4) is 0 Å². The first kappa shape index (κ1) is 39.9. The van der Waals surface area contributed by atoms with Gasteiger partial charge in [0.15, 0.2) is 0 Å². The minimum atomic E-state index is 1.07. The standard InChI is InChI=1S/C38H80N2/c1-4-6-8-10-12-14-16-18-20-22-24-26-28-30-32-34-36-40(38-39-3)37-35-33-31-29-27-25-23-21-19-17-15-13-11-9-7-5-2/h39H,4-38H2,1-3H3. The topological polar surface area (TPSA) is 15.3 Å². The van der Waals surface area contributed by atoms with Gasteiger partial charge in [0.05, 0.1) is 0 Å². The maximum absolute atomic E-state index is 3.40. The molecule has 0 amide bonds. The molecule has 0 aliphatic carbocycles. The van der Waals surface area contributed by atoms with Crippen molar-refractivity contribution in [1.82, 2.24) is 10.2 Å². The molecule has 0 radical (unpaired) electrons. The van der Waals surface area contributed by atoms with Crippen LogP contribution in [0.2, 0.25) is 0 Å². The molecule has 0 spiro atoms. The Kier molecular flexibility index (Phi) is 36.9. The van der Waals surface area contributed by atoms with E-state index in [0.717, 1.165) is 6.67 Å². The number of hydrogen-bond acceptors (Lipinski definition) is 2. The molecule has 0 atom stereocenters. The molecule has 1 N–H and O–H groups in total. The Bertz CT molecular complexity index is 388. The predicted octanol–water partition coefficient (Wildman–Crippen LogP) is 13.0. The average molecular weight is 565 g/mol. The van der Waals surface area contributed by atoms with E-state index in [2.05, 4.69) is 31.1 Å². The Morgan fingerprint density at radius 2 is 0.500 bits per heavy atom. The van der Waals surface area contributed by atoms with Crippen LogP contribution in [0, 0.1) is 0 Å². The SMILES string of the molecule is CCCCCCCCCCCCCCCCCCN(CCCCCCCCCCCCCCCCCC)CNC. The summed E-state index contributed by atoms with van der Waals surface area (Å²) in [4.78, 5) is 2.66. The molecule has 0 fully saturated rings. The first-order valence-electron chi connectivity index (χ1n) is 19.2. The molecule has 0 rings (SSSR count). The van der Waals surface area contributed by atoms with Gasteiger partial charge in [0.2, 0.25) is 0 Å². The molecule has 0 aromatic carbocycles. The van der Waals surface area contributed by atoms with Crippen LogP contribution in [0.4, 0.5) is 0 Å². The van der Waals surface area contributed by atoms with E-state index in [9.17, 15) is 0 Å². The Labute approximate surface area is 256 Å². The van der Waals surface area contributed by atoms with Crippen molar-refractivity contribution in [2.75, 3.05) is 26.8 Å². The summed E-state index contributed by atoms with van der Waals surface area (Å²) in [6, 6.07) is 0. The molecule has 0 aliphatic rings. The molecular formula is C38H80N2. The summed E-state index contributed by atoms with van der Waals surface area (Å²) >= 11 is 0. The number of nitrogens with one attached hydrogen (secondary N) is 1. The molecule has 2 heteroatoms. The Hall–Kier alpha value is -0.0800. The zero-order chi connectivity index (χ0) is 29.0. The zero-order valence-corrected chi connectivity index (χ0v) is 28.7. The second kappa shape index (κ2) is 36.9. The number of hydrogen-bond donors (Lipinski definition) is 1. The van der Waals surface area contributed by atoms with Crippen molar-refractivity contribution in [3.63, 3.8) is 0 Å². The normalized spacial score (nSPS) is 11.7. The van der Waals surface area contributed by atoms with Gasteiger partial charge in [-0.15, -0.1) is 0 Å². The van der Waals surface area contributed by atoms with Crippen LogP contribution >= 0.6 is 0 Å². The molecule has 0 aromatic rings. The van der Waals surface area contributed by atoms with Gasteiger partial charge in [0.25, 0.3) is 0 Å². The molecule has 0 aliphatic heterocycles. The van der Waals surface area contributed by atoms with Gasteiger partial charge in [-0.3, -0.25) is 4.90 Å². The quantitative estimate of drug-likeness (QED) is 0.0601. The van der Waals surface area contributed by atoms with E-state index in [1.807, 2.05) is 0 Å². The van der Waals surface area contributed by atoms with E-state index in [1.54, 1.807) is 0 Å². The fourth-order valence-electron chi connectivity index (χ4n) is 6.26. The van der Waals surface area contributed by atoms with Crippen molar-refractivity contribution in [1.29, 1.82) is 0 Å². The van der Waals surface area contributed by atoms with Gasteiger partial charge in [-0.2, -0.15) is 0 Å². The van der Waals surface area contributed by atoms with E-state index >= 15 is 0 Å². The second-order valence-electron chi connectivity index (χ2n) is 13.2. The van der Waals surface area contributed by atoms with E-state index in [-0.39, 0.29) is 0 Å². The molecule has 0 saturated heterocycles. The fourth-order valence-corrected chi connectivity index (χ4v) is 6.26. The van der Waals surface area contributed by atoms with Gasteiger partial charge in [0, 0.05) is 6.67 Å². The number of unbranched alkanes of at least 4 members (excludes halogenated alkanes) is 30. The fraction of sp³-hybridized carbons (Fsp3) is 1.00. The minimum Gasteiger partial charge on any atom is -0.307 e. The van der Waals surface area contributed by atoms with Crippen LogP contribution < -0.4 is 5.32 Å². The maximum atomic E-state index is 3.40. The van der Waals surface area contributed by atoms with Gasteiger partial charge in [-0.1, -0.05) is 206 Å². The molecule has 0 heterocycles. The number of nitrogens with zero attached hydrogens (tertiary/aromatic N) is 1. The lowest BCUT2D eigenvalue weighted by Crippen LogP contribution is -2.34. The number of rotatable bonds is 36. The van der Waals surface area contributed by atoms with Crippen molar-refractivity contribution in [3.8, 4) is 0 Å². The van der Waals surface area contributed by atoms with Crippen molar-refractivity contribution in [2.24, 2.45) is 0 Å². The van der Waals surface area contributed by atoms with Crippen LogP contribution in [-0.4, -0.2) is 31.7 Å². The molecule has 40 heavy (non-hydrogen) atoms. The van der Waals surface area contributed by atoms with Gasteiger partial charge < -0.3 is 5.32 Å². The maximum Gasteiger partial charge on any atom is 0.0477 e. The summed E-state index contributed by atoms with van der Waals surface area (Å²) in [5, 5.41) is 3.40. The smallest absolute Gasteiger partial charge is 0.0477 e. The van der Waals surface area contributed by atoms with E-state index in [4.69, 9.17) is 0 Å². The summed E-state index contributed by atoms with van der Waals surface area (Å²) in [7, 11) is 2.11. The molecule has 0 unspecified atom stereocenters. The van der Waals surface area contributed by atoms with Gasteiger partial charge >= 0.3 is 0 Å². The largest absolute Gasteiger partial charge is 0.307 e. The molecule has 0 aromatic heterocycles. The highest BCUT2D eigenvalue weighted by Gasteiger charge is 2.04. The van der Waals surface area contributed by atoms with Crippen LogP contribution in [0.25, 0.3) is 0 Å². The van der Waals surface area contributed by atoms with Crippen molar-refractivity contribution in [3.05, 3.63) is 0 Å². The highest BCUT2D eigenvalue weighted by atomic mass is 15.2. The van der Waals surface area contributed by atoms with Crippen LogP contribution in [-0.2, 0) is 0 Å². The zero-order valence-electron chi connectivity index (χ0n) is 28.7. The first-order valence-corrected chi connectivity index (χ1v) is 19.2. The van der Waals surface area contributed by atoms with E-state index < -0.39 is 0 Å². The molecule has 242 valence electrons. The average Bonchev–Trinajstić information content (AvgIpc) is 2.96. The third-order valence-corrected chi connectivity index (χ3v) is 9.04. The third kappa shape index (κ3) is 34.1. The van der Waals surface area contributed by atoms with Gasteiger partial charge in [-0.25, -0.2) is 0 Å². The summed E-state index contributed by atoms with van der Waals surface area (Å²) < 4.78 is 0. The lowest BCUT2D eigenvalue weighted by Gasteiger charge is -2.21. The third-order valence-electron chi connectivity index (χ3n) is 9.04. The molecule has 0 bridgehead atoms. The summed E-state index contributed by atoms with van der Waals surface area (Å²) in [5.74, 6) is 0. The van der Waals surface area contributed by atoms with E-state index in [0.29, 0.717) is 0 Å². The summed E-state index contributed by atoms with van der Waals surface area (Å²) in [6.45, 7) is 8.26. The van der Waals surface area contributed by atoms with Gasteiger partial charge in [0.1, 0.15) is 0 Å². The highest BCUT2D eigenvalue weighted by Crippen LogP contribution is 2.15. The summed E-state index contributed by atoms with van der Waals surface area (Å²) in [6.07, 6.45) is 46.6. The van der Waals surface area contributed by atoms with Crippen molar-refractivity contribution in [2.45, 2.75) is 219 Å². The molecule has 2 nitrogen and oxygen atoms in total. The Balaban J connectivity index is 3.35. The van der Waals surface area contributed by atoms with Crippen molar-refractivity contribution < 1.29 is 0 Å². The lowest BCUT2D eigenvalue weighted by atomic mass is 10.0. The Morgan fingerprint density at radius 1 is 0.300 bits per heavy atom. The summed E-state index contributed by atoms with van der Waals surface area (Å²) in [5.41, 5.74) is 0. The van der Waals surface area contributed by atoms with Gasteiger partial charge in [-0.05, 0) is 33.0 Å². The predicted molar refractivity (Wildman–Crippen MR) is 185 cm³/mol. The second-order valence-corrected chi connectivity index (χ2v) is 13.2. The molecule has 0 saturated carbocycles. The molecular weight excluding hydrogens is 484 g/mol. The highest BCUT2D eigenvalue weighted by molar-refractivity contribution is 4.58. The minimum absolute atomic E-state index is 1.07.